The molecule has 136 valence electrons. The van der Waals surface area contributed by atoms with Crippen molar-refractivity contribution in [3.63, 3.8) is 0 Å². The predicted octanol–water partition coefficient (Wildman–Crippen LogP) is 4.20. The molecule has 0 aliphatic carbocycles. The van der Waals surface area contributed by atoms with Crippen molar-refractivity contribution in [3.8, 4) is 0 Å². The van der Waals surface area contributed by atoms with Gasteiger partial charge in [-0.3, -0.25) is 0 Å². The average molecular weight is 396 g/mol. The molecule has 4 nitrogen and oxygen atoms in total. The summed E-state index contributed by atoms with van der Waals surface area (Å²) in [7, 11) is -8.00. The van der Waals surface area contributed by atoms with Gasteiger partial charge in [0.1, 0.15) is 0 Å². The van der Waals surface area contributed by atoms with Gasteiger partial charge in [-0.25, -0.2) is 16.8 Å². The Hall–Kier alpha value is -2.70. The third kappa shape index (κ3) is 3.46. The molecule has 0 fully saturated rings. The molecule has 4 rings (SSSR count). The molecular formula is C21H16O4S2. The second-order valence-corrected chi connectivity index (χ2v) is 10.7. The molecule has 0 saturated carbocycles. The highest BCUT2D eigenvalue weighted by atomic mass is 32.3. The van der Waals surface area contributed by atoms with E-state index in [1.807, 2.05) is 36.4 Å². The van der Waals surface area contributed by atoms with Crippen LogP contribution in [0.5, 0.6) is 0 Å². The molecular weight excluding hydrogens is 380 g/mol. The van der Waals surface area contributed by atoms with Gasteiger partial charge in [0.15, 0.2) is 24.8 Å². The summed E-state index contributed by atoms with van der Waals surface area (Å²) in [5.74, 6) is 0. The Kier molecular flexibility index (Phi) is 4.25. The van der Waals surface area contributed by atoms with Gasteiger partial charge in [0.2, 0.25) is 0 Å². The summed E-state index contributed by atoms with van der Waals surface area (Å²) >= 11 is 0. The van der Waals surface area contributed by atoms with Crippen molar-refractivity contribution >= 4 is 41.2 Å². The van der Waals surface area contributed by atoms with Gasteiger partial charge in [0.25, 0.3) is 0 Å². The number of hydrogen-bond donors (Lipinski definition) is 0. The van der Waals surface area contributed by atoms with Crippen LogP contribution in [0.2, 0.25) is 0 Å². The summed E-state index contributed by atoms with van der Waals surface area (Å²) in [4.78, 5) is 0.0103. The highest BCUT2D eigenvalue weighted by Crippen LogP contribution is 2.24. The van der Waals surface area contributed by atoms with Crippen LogP contribution in [-0.2, 0) is 19.7 Å². The molecule has 0 unspecified atom stereocenters. The number of fused-ring (bicyclic) bond motifs is 2. The summed E-state index contributed by atoms with van der Waals surface area (Å²) in [6, 6.07) is 24.0. The predicted molar refractivity (Wildman–Crippen MR) is 107 cm³/mol. The second-order valence-electron chi connectivity index (χ2n) is 6.37. The molecule has 0 aromatic heterocycles. The monoisotopic (exact) mass is 396 g/mol. The van der Waals surface area contributed by atoms with Crippen LogP contribution in [0.1, 0.15) is 0 Å². The molecule has 4 aromatic rings. The van der Waals surface area contributed by atoms with Crippen molar-refractivity contribution in [2.75, 3.05) is 5.08 Å². The smallest absolute Gasteiger partial charge is 0.193 e. The van der Waals surface area contributed by atoms with Crippen LogP contribution in [0.25, 0.3) is 21.5 Å². The van der Waals surface area contributed by atoms with E-state index in [0.29, 0.717) is 0 Å². The summed E-state index contributed by atoms with van der Waals surface area (Å²) in [6.45, 7) is 0. The normalized spacial score (nSPS) is 12.4. The zero-order valence-electron chi connectivity index (χ0n) is 14.2. The van der Waals surface area contributed by atoms with E-state index in [2.05, 4.69) is 0 Å². The molecule has 4 aromatic carbocycles. The first-order valence-electron chi connectivity index (χ1n) is 8.28. The van der Waals surface area contributed by atoms with Crippen molar-refractivity contribution in [3.05, 3.63) is 84.9 Å². The molecule has 0 N–H and O–H groups in total. The van der Waals surface area contributed by atoms with Gasteiger partial charge in [-0.1, -0.05) is 60.7 Å². The van der Waals surface area contributed by atoms with Crippen LogP contribution in [0.3, 0.4) is 0 Å². The first-order chi connectivity index (χ1) is 12.9. The average Bonchev–Trinajstić information content (AvgIpc) is 2.66. The summed E-state index contributed by atoms with van der Waals surface area (Å²) in [5.41, 5.74) is 0. The lowest BCUT2D eigenvalue weighted by atomic mass is 10.1. The minimum absolute atomic E-state index is 0.00515. The van der Waals surface area contributed by atoms with Gasteiger partial charge in [-0.15, -0.1) is 0 Å². The topological polar surface area (TPSA) is 68.3 Å². The highest BCUT2D eigenvalue weighted by molar-refractivity contribution is 8.08. The van der Waals surface area contributed by atoms with Crippen LogP contribution < -0.4 is 0 Å². The van der Waals surface area contributed by atoms with Crippen molar-refractivity contribution in [2.45, 2.75) is 9.79 Å². The lowest BCUT2D eigenvalue weighted by molar-refractivity contribution is 0.589. The van der Waals surface area contributed by atoms with Crippen molar-refractivity contribution in [1.29, 1.82) is 0 Å². The Morgan fingerprint density at radius 3 is 1.26 bits per heavy atom. The third-order valence-corrected chi connectivity index (χ3v) is 8.90. The van der Waals surface area contributed by atoms with Crippen molar-refractivity contribution in [1.82, 2.24) is 0 Å². The Balaban J connectivity index is 1.73. The molecule has 0 radical (unpaired) electrons. The van der Waals surface area contributed by atoms with Crippen molar-refractivity contribution < 1.29 is 16.8 Å². The Labute approximate surface area is 157 Å². The Morgan fingerprint density at radius 2 is 0.852 bits per heavy atom. The van der Waals surface area contributed by atoms with Gasteiger partial charge in [0, 0.05) is 0 Å². The maximum atomic E-state index is 12.7. The van der Waals surface area contributed by atoms with E-state index in [1.54, 1.807) is 24.3 Å². The largest absolute Gasteiger partial charge is 0.223 e. The molecule has 0 spiro atoms. The Bertz CT molecular complexity index is 1260. The SMILES string of the molecule is O=S(=O)(CS(=O)(=O)c1ccc2ccccc2c1)c1ccc2ccccc2c1. The van der Waals surface area contributed by atoms with Crippen LogP contribution in [0.4, 0.5) is 0 Å². The Morgan fingerprint density at radius 1 is 0.481 bits per heavy atom. The number of rotatable bonds is 4. The number of benzene rings is 4. The molecule has 0 amide bonds. The van der Waals surface area contributed by atoms with E-state index in [-0.39, 0.29) is 9.79 Å². The summed E-state index contributed by atoms with van der Waals surface area (Å²) in [6.07, 6.45) is 0. The molecule has 0 heterocycles. The van der Waals surface area contributed by atoms with Crippen LogP contribution in [-0.4, -0.2) is 21.9 Å². The fourth-order valence-electron chi connectivity index (χ4n) is 3.06. The zero-order valence-corrected chi connectivity index (χ0v) is 15.9. The van der Waals surface area contributed by atoms with Gasteiger partial charge < -0.3 is 0 Å². The fourth-order valence-corrected chi connectivity index (χ4v) is 6.95. The summed E-state index contributed by atoms with van der Waals surface area (Å²) < 4.78 is 51.0. The maximum Gasteiger partial charge on any atom is 0.193 e. The van der Waals surface area contributed by atoms with Gasteiger partial charge >= 0.3 is 0 Å². The molecule has 27 heavy (non-hydrogen) atoms. The highest BCUT2D eigenvalue weighted by Gasteiger charge is 2.26. The molecule has 0 saturated heterocycles. The lowest BCUT2D eigenvalue weighted by Gasteiger charge is -2.08. The van der Waals surface area contributed by atoms with E-state index in [9.17, 15) is 16.8 Å². The third-order valence-electron chi connectivity index (χ3n) is 4.47. The quantitative estimate of drug-likeness (QED) is 0.518. The van der Waals surface area contributed by atoms with E-state index in [0.717, 1.165) is 21.5 Å². The van der Waals surface area contributed by atoms with Crippen LogP contribution >= 0.6 is 0 Å². The van der Waals surface area contributed by atoms with Crippen LogP contribution in [0.15, 0.2) is 94.7 Å². The van der Waals surface area contributed by atoms with E-state index in [4.69, 9.17) is 0 Å². The fraction of sp³-hybridized carbons (Fsp3) is 0.0476. The number of hydrogen-bond acceptors (Lipinski definition) is 4. The van der Waals surface area contributed by atoms with E-state index >= 15 is 0 Å². The first kappa shape index (κ1) is 17.7. The van der Waals surface area contributed by atoms with E-state index in [1.165, 1.54) is 24.3 Å². The molecule has 0 aliphatic rings. The van der Waals surface area contributed by atoms with Gasteiger partial charge in [-0.2, -0.15) is 0 Å². The van der Waals surface area contributed by atoms with Gasteiger partial charge in [0.05, 0.1) is 9.79 Å². The molecule has 0 bridgehead atoms. The van der Waals surface area contributed by atoms with Crippen molar-refractivity contribution in [2.24, 2.45) is 0 Å². The molecule has 0 aliphatic heterocycles. The summed E-state index contributed by atoms with van der Waals surface area (Å²) in [5, 5.41) is 2.34. The van der Waals surface area contributed by atoms with Gasteiger partial charge in [-0.05, 0) is 45.8 Å². The first-order valence-corrected chi connectivity index (χ1v) is 11.6. The molecule has 0 atom stereocenters. The second kappa shape index (κ2) is 6.48. The molecule has 6 heteroatoms. The minimum atomic E-state index is -4.00. The lowest BCUT2D eigenvalue weighted by Crippen LogP contribution is -2.17. The zero-order chi connectivity index (χ0) is 19.1. The maximum absolute atomic E-state index is 12.7. The number of sulfone groups is 2. The van der Waals surface area contributed by atoms with Crippen LogP contribution in [0, 0.1) is 0 Å². The minimum Gasteiger partial charge on any atom is -0.223 e. The van der Waals surface area contributed by atoms with E-state index < -0.39 is 24.8 Å². The standard InChI is InChI=1S/C21H16O4S2/c22-26(23,20-11-9-16-5-1-3-7-18(16)13-20)15-27(24,25)21-12-10-17-6-2-4-8-19(17)14-21/h1-14H,15H2.